The summed E-state index contributed by atoms with van der Waals surface area (Å²) in [6.07, 6.45) is 5.61. The molecule has 0 N–H and O–H groups in total. The van der Waals surface area contributed by atoms with Gasteiger partial charge in [0, 0.05) is 29.8 Å². The van der Waals surface area contributed by atoms with Crippen molar-refractivity contribution in [3.63, 3.8) is 0 Å². The predicted molar refractivity (Wildman–Crippen MR) is 71.5 cm³/mol. The van der Waals surface area contributed by atoms with Crippen LogP contribution in [-0.4, -0.2) is 14.5 Å². The number of pyridine rings is 1. The molecule has 0 saturated carbocycles. The summed E-state index contributed by atoms with van der Waals surface area (Å²) < 4.78 is 2.07. The van der Waals surface area contributed by atoms with Gasteiger partial charge in [-0.3, -0.25) is 9.55 Å². The smallest absolute Gasteiger partial charge is 0.144 e. The molecule has 0 saturated heterocycles. The van der Waals surface area contributed by atoms with Crippen LogP contribution in [0.5, 0.6) is 0 Å². The number of nitrogens with zero attached hydrogens (tertiary/aromatic N) is 3. The Kier molecular flexibility index (Phi) is 2.65. The number of benzene rings is 1. The molecule has 3 aromatic rings. The van der Waals surface area contributed by atoms with Gasteiger partial charge in [0.25, 0.3) is 0 Å². The fourth-order valence-electron chi connectivity index (χ4n) is 1.99. The average Bonchev–Trinajstić information content (AvgIpc) is 2.89. The second-order valence-corrected chi connectivity index (χ2v) is 4.14. The molecule has 88 valence electrons. The quantitative estimate of drug-likeness (QED) is 0.682. The summed E-state index contributed by atoms with van der Waals surface area (Å²) in [5.74, 6) is 0.946. The lowest BCUT2D eigenvalue weighted by Gasteiger charge is -2.08. The van der Waals surface area contributed by atoms with E-state index in [-0.39, 0.29) is 0 Å². The van der Waals surface area contributed by atoms with Crippen molar-refractivity contribution in [2.45, 2.75) is 6.92 Å². The summed E-state index contributed by atoms with van der Waals surface area (Å²) in [4.78, 5) is 8.65. The van der Waals surface area contributed by atoms with E-state index >= 15 is 0 Å². The molecule has 3 rings (SSSR count). The predicted octanol–water partition coefficient (Wildman–Crippen LogP) is 3.24. The van der Waals surface area contributed by atoms with E-state index in [1.807, 2.05) is 55.8 Å². The van der Waals surface area contributed by atoms with Crippen LogP contribution in [0.4, 0.5) is 0 Å². The monoisotopic (exact) mass is 235 g/mol. The highest BCUT2D eigenvalue weighted by atomic mass is 15.1. The Labute approximate surface area is 106 Å². The highest BCUT2D eigenvalue weighted by Crippen LogP contribution is 2.20. The third kappa shape index (κ3) is 1.91. The molecule has 18 heavy (non-hydrogen) atoms. The van der Waals surface area contributed by atoms with Gasteiger partial charge in [0.15, 0.2) is 0 Å². The molecule has 0 amide bonds. The average molecular weight is 235 g/mol. The first-order valence-electron chi connectivity index (χ1n) is 5.86. The van der Waals surface area contributed by atoms with Crippen LogP contribution < -0.4 is 0 Å². The van der Waals surface area contributed by atoms with Crippen molar-refractivity contribution in [3.8, 4) is 17.1 Å². The van der Waals surface area contributed by atoms with Crippen molar-refractivity contribution < 1.29 is 0 Å². The zero-order valence-corrected chi connectivity index (χ0v) is 10.1. The fraction of sp³-hybridized carbons (Fsp3) is 0.0667. The van der Waals surface area contributed by atoms with E-state index in [4.69, 9.17) is 0 Å². The molecule has 0 fully saturated rings. The van der Waals surface area contributed by atoms with Crippen molar-refractivity contribution in [3.05, 3.63) is 66.7 Å². The minimum absolute atomic E-state index is 0.946. The van der Waals surface area contributed by atoms with E-state index in [2.05, 4.69) is 26.7 Å². The van der Waals surface area contributed by atoms with Gasteiger partial charge in [-0.1, -0.05) is 30.3 Å². The first kappa shape index (κ1) is 10.7. The summed E-state index contributed by atoms with van der Waals surface area (Å²) in [5, 5.41) is 0. The van der Waals surface area contributed by atoms with Crippen molar-refractivity contribution in [2.24, 2.45) is 0 Å². The molecule has 0 radical (unpaired) electrons. The van der Waals surface area contributed by atoms with Crippen LogP contribution in [0, 0.1) is 6.92 Å². The largest absolute Gasteiger partial charge is 0.300 e. The molecule has 0 unspecified atom stereocenters. The molecule has 0 aliphatic heterocycles. The first-order valence-corrected chi connectivity index (χ1v) is 5.86. The molecule has 3 nitrogen and oxygen atoms in total. The highest BCUT2D eigenvalue weighted by molar-refractivity contribution is 5.58. The Bertz CT molecular complexity index is 656. The topological polar surface area (TPSA) is 30.7 Å². The van der Waals surface area contributed by atoms with Crippen LogP contribution in [0.15, 0.2) is 61.1 Å². The van der Waals surface area contributed by atoms with Gasteiger partial charge in [-0.05, 0) is 19.1 Å². The molecule has 0 bridgehead atoms. The summed E-state index contributed by atoms with van der Waals surface area (Å²) in [6.45, 7) is 1.99. The lowest BCUT2D eigenvalue weighted by Crippen LogP contribution is -1.97. The maximum atomic E-state index is 4.44. The lowest BCUT2D eigenvalue weighted by atomic mass is 10.2. The Morgan fingerprint density at radius 1 is 0.944 bits per heavy atom. The summed E-state index contributed by atoms with van der Waals surface area (Å²) >= 11 is 0. The number of hydrogen-bond acceptors (Lipinski definition) is 2. The van der Waals surface area contributed by atoms with Gasteiger partial charge in [-0.25, -0.2) is 4.98 Å². The summed E-state index contributed by atoms with van der Waals surface area (Å²) in [5.41, 5.74) is 3.19. The van der Waals surface area contributed by atoms with Gasteiger partial charge in [-0.2, -0.15) is 0 Å². The van der Waals surface area contributed by atoms with Gasteiger partial charge < -0.3 is 0 Å². The molecule has 2 heterocycles. The number of aromatic nitrogens is 3. The molecule has 0 aliphatic carbocycles. The minimum atomic E-state index is 0.946. The third-order valence-electron chi connectivity index (χ3n) is 2.83. The van der Waals surface area contributed by atoms with Crippen LogP contribution in [0.25, 0.3) is 17.1 Å². The van der Waals surface area contributed by atoms with E-state index in [1.54, 1.807) is 0 Å². The molecule has 0 aliphatic rings. The standard InChI is InChI=1S/C15H13N3/c1-12-11-14(7-8-16-12)18-10-9-17-15(18)13-5-3-2-4-6-13/h2-11H,1H3. The fourth-order valence-corrected chi connectivity index (χ4v) is 1.99. The van der Waals surface area contributed by atoms with Crippen LogP contribution in [0.1, 0.15) is 5.69 Å². The van der Waals surface area contributed by atoms with Gasteiger partial charge >= 0.3 is 0 Å². The molecular formula is C15H13N3. The van der Waals surface area contributed by atoms with Crippen LogP contribution in [0.3, 0.4) is 0 Å². The Balaban J connectivity index is 2.13. The zero-order valence-electron chi connectivity index (χ0n) is 10.1. The van der Waals surface area contributed by atoms with E-state index < -0.39 is 0 Å². The Hall–Kier alpha value is -2.42. The zero-order chi connectivity index (χ0) is 12.4. The van der Waals surface area contributed by atoms with E-state index in [0.717, 1.165) is 22.8 Å². The van der Waals surface area contributed by atoms with Gasteiger partial charge in [0.05, 0.1) is 5.69 Å². The normalized spacial score (nSPS) is 10.5. The molecule has 0 spiro atoms. The van der Waals surface area contributed by atoms with E-state index in [9.17, 15) is 0 Å². The lowest BCUT2D eigenvalue weighted by molar-refractivity contribution is 1.04. The number of aryl methyl sites for hydroxylation is 1. The minimum Gasteiger partial charge on any atom is -0.300 e. The second-order valence-electron chi connectivity index (χ2n) is 4.14. The SMILES string of the molecule is Cc1cc(-n2ccnc2-c2ccccc2)ccn1. The van der Waals surface area contributed by atoms with Gasteiger partial charge in [-0.15, -0.1) is 0 Å². The highest BCUT2D eigenvalue weighted by Gasteiger charge is 2.06. The maximum absolute atomic E-state index is 4.44. The third-order valence-corrected chi connectivity index (χ3v) is 2.83. The van der Waals surface area contributed by atoms with Crippen LogP contribution in [-0.2, 0) is 0 Å². The maximum Gasteiger partial charge on any atom is 0.144 e. The number of hydrogen-bond donors (Lipinski definition) is 0. The molecular weight excluding hydrogens is 222 g/mol. The van der Waals surface area contributed by atoms with Crippen molar-refractivity contribution >= 4 is 0 Å². The van der Waals surface area contributed by atoms with Crippen molar-refractivity contribution in [1.82, 2.24) is 14.5 Å². The second kappa shape index (κ2) is 4.45. The number of rotatable bonds is 2. The number of imidazole rings is 1. The van der Waals surface area contributed by atoms with E-state index in [0.29, 0.717) is 0 Å². The van der Waals surface area contributed by atoms with E-state index in [1.165, 1.54) is 0 Å². The molecule has 2 aromatic heterocycles. The van der Waals surface area contributed by atoms with Gasteiger partial charge in [0.1, 0.15) is 5.82 Å². The molecule has 1 aromatic carbocycles. The Morgan fingerprint density at radius 3 is 2.56 bits per heavy atom. The Morgan fingerprint density at radius 2 is 1.78 bits per heavy atom. The first-order chi connectivity index (χ1) is 8.84. The molecule has 3 heteroatoms. The van der Waals surface area contributed by atoms with Crippen LogP contribution >= 0.6 is 0 Å². The molecule has 0 atom stereocenters. The van der Waals surface area contributed by atoms with Crippen molar-refractivity contribution in [1.29, 1.82) is 0 Å². The van der Waals surface area contributed by atoms with Crippen molar-refractivity contribution in [2.75, 3.05) is 0 Å². The summed E-state index contributed by atoms with van der Waals surface area (Å²) in [6, 6.07) is 14.2. The van der Waals surface area contributed by atoms with Gasteiger partial charge in [0.2, 0.25) is 0 Å². The van der Waals surface area contributed by atoms with Crippen LogP contribution in [0.2, 0.25) is 0 Å². The summed E-state index contributed by atoms with van der Waals surface area (Å²) in [7, 11) is 0.